The Morgan fingerprint density at radius 1 is 1.12 bits per heavy atom. The fourth-order valence-corrected chi connectivity index (χ4v) is 5.42. The third-order valence-corrected chi connectivity index (χ3v) is 7.45. The normalized spacial score (nSPS) is 20.1. The van der Waals surface area contributed by atoms with Crippen LogP contribution < -0.4 is 14.8 Å². The van der Waals surface area contributed by atoms with E-state index in [0.29, 0.717) is 19.0 Å². The van der Waals surface area contributed by atoms with E-state index in [1.165, 1.54) is 18.2 Å². The van der Waals surface area contributed by atoms with Crippen LogP contribution in [0.5, 0.6) is 11.5 Å². The summed E-state index contributed by atoms with van der Waals surface area (Å²) in [5.41, 5.74) is 1.99. The lowest BCUT2D eigenvalue weighted by Gasteiger charge is -2.24. The molecule has 2 aromatic carbocycles. The highest BCUT2D eigenvalue weighted by atomic mass is 32.2. The number of aliphatic hydroxyl groups excluding tert-OH is 1. The van der Waals surface area contributed by atoms with Crippen molar-refractivity contribution in [3.8, 4) is 11.5 Å². The van der Waals surface area contributed by atoms with Gasteiger partial charge in [-0.3, -0.25) is 9.59 Å². The molecule has 2 heterocycles. The number of benzene rings is 2. The Kier molecular flexibility index (Phi) is 7.05. The molecule has 11 heteroatoms. The van der Waals surface area contributed by atoms with Crippen molar-refractivity contribution in [2.45, 2.75) is 36.9 Å². The lowest BCUT2D eigenvalue weighted by molar-refractivity contribution is -0.151. The number of carbonyl (C=O) groups is 2. The first-order chi connectivity index (χ1) is 16.2. The molecule has 34 heavy (non-hydrogen) atoms. The zero-order chi connectivity index (χ0) is 24.3. The number of nitrogens with zero attached hydrogens (tertiary/aromatic N) is 1. The summed E-state index contributed by atoms with van der Waals surface area (Å²) in [6, 6.07) is 10.5. The third-order valence-electron chi connectivity index (χ3n) is 5.58. The molecule has 1 amide bonds. The molecular formula is C23H26N2O8S. The summed E-state index contributed by atoms with van der Waals surface area (Å²) in [5, 5.41) is 12.7. The van der Waals surface area contributed by atoms with E-state index in [1.54, 1.807) is 0 Å². The molecule has 0 saturated carbocycles. The number of esters is 1. The van der Waals surface area contributed by atoms with Gasteiger partial charge in [0.15, 0.2) is 18.1 Å². The minimum absolute atomic E-state index is 0.0977. The maximum absolute atomic E-state index is 13.2. The Morgan fingerprint density at radius 2 is 1.82 bits per heavy atom. The molecule has 1 saturated heterocycles. The van der Waals surface area contributed by atoms with Crippen LogP contribution in [-0.2, 0) is 30.9 Å². The molecule has 2 aliphatic heterocycles. The van der Waals surface area contributed by atoms with Gasteiger partial charge in [0.2, 0.25) is 10.0 Å². The van der Waals surface area contributed by atoms with Gasteiger partial charge in [-0.1, -0.05) is 29.8 Å². The predicted molar refractivity (Wildman–Crippen MR) is 120 cm³/mol. The van der Waals surface area contributed by atoms with Crippen LogP contribution in [-0.4, -0.2) is 68.2 Å². The molecule has 0 aliphatic carbocycles. The van der Waals surface area contributed by atoms with Crippen LogP contribution >= 0.6 is 0 Å². The van der Waals surface area contributed by atoms with Crippen molar-refractivity contribution >= 4 is 21.9 Å². The molecule has 182 valence electrons. The number of β-amino-alcohol motifs (C(OH)–C–C–N with tert-alkyl or cyclic N) is 1. The van der Waals surface area contributed by atoms with E-state index in [4.69, 9.17) is 14.2 Å². The molecule has 0 unspecified atom stereocenters. The van der Waals surface area contributed by atoms with E-state index < -0.39 is 40.7 Å². The second-order valence-corrected chi connectivity index (χ2v) is 10.0. The van der Waals surface area contributed by atoms with Crippen LogP contribution in [0.2, 0.25) is 0 Å². The molecule has 10 nitrogen and oxygen atoms in total. The van der Waals surface area contributed by atoms with Gasteiger partial charge >= 0.3 is 5.97 Å². The number of nitrogens with one attached hydrogen (secondary N) is 1. The Hall–Kier alpha value is -3.15. The minimum atomic E-state index is -4.15. The van der Waals surface area contributed by atoms with Gasteiger partial charge in [-0.05, 0) is 24.6 Å². The van der Waals surface area contributed by atoms with Crippen molar-refractivity contribution in [3.63, 3.8) is 0 Å². The standard InChI is InChI=1S/C23H26N2O8S/c1-15-2-4-16(5-3-15)12-24-22(27)14-33-23(28)19-10-17(26)13-25(19)34(29,30)18-6-7-20-21(11-18)32-9-8-31-20/h2-7,11,17,19,26H,8-10,12-14H2,1H3,(H,24,27)/t17-,19+/m1/s1. The van der Waals surface area contributed by atoms with E-state index in [-0.39, 0.29) is 30.2 Å². The molecular weight excluding hydrogens is 464 g/mol. The SMILES string of the molecule is Cc1ccc(CNC(=O)COC(=O)[C@@H]2C[C@@H](O)CN2S(=O)(=O)c2ccc3c(c2)OCCO3)cc1. The number of fused-ring (bicyclic) bond motifs is 1. The first-order valence-electron chi connectivity index (χ1n) is 10.8. The molecule has 1 fully saturated rings. The maximum Gasteiger partial charge on any atom is 0.325 e. The highest BCUT2D eigenvalue weighted by Gasteiger charge is 2.44. The van der Waals surface area contributed by atoms with Gasteiger partial charge in [0.25, 0.3) is 5.91 Å². The van der Waals surface area contributed by atoms with Gasteiger partial charge < -0.3 is 24.6 Å². The number of aryl methyl sites for hydroxylation is 1. The zero-order valence-corrected chi connectivity index (χ0v) is 19.4. The quantitative estimate of drug-likeness (QED) is 0.544. The first-order valence-corrected chi connectivity index (χ1v) is 12.3. The summed E-state index contributed by atoms with van der Waals surface area (Å²) >= 11 is 0. The van der Waals surface area contributed by atoms with Crippen LogP contribution in [0.25, 0.3) is 0 Å². The molecule has 0 bridgehead atoms. The van der Waals surface area contributed by atoms with E-state index >= 15 is 0 Å². The summed E-state index contributed by atoms with van der Waals surface area (Å²) in [5.74, 6) is -0.701. The molecule has 2 aliphatic rings. The van der Waals surface area contributed by atoms with E-state index in [9.17, 15) is 23.1 Å². The summed E-state index contributed by atoms with van der Waals surface area (Å²) in [6.45, 7) is 2.05. The van der Waals surface area contributed by atoms with Gasteiger partial charge in [-0.15, -0.1) is 0 Å². The highest BCUT2D eigenvalue weighted by Crippen LogP contribution is 2.35. The maximum atomic E-state index is 13.2. The fourth-order valence-electron chi connectivity index (χ4n) is 3.77. The van der Waals surface area contributed by atoms with Gasteiger partial charge in [-0.2, -0.15) is 4.31 Å². The van der Waals surface area contributed by atoms with E-state index in [2.05, 4.69) is 5.32 Å². The zero-order valence-electron chi connectivity index (χ0n) is 18.6. The van der Waals surface area contributed by atoms with Crippen LogP contribution in [0.4, 0.5) is 0 Å². The number of hydrogen-bond acceptors (Lipinski definition) is 8. The van der Waals surface area contributed by atoms with E-state index in [0.717, 1.165) is 15.4 Å². The number of ether oxygens (including phenoxy) is 3. The summed E-state index contributed by atoms with van der Waals surface area (Å²) in [7, 11) is -4.15. The van der Waals surface area contributed by atoms with Crippen molar-refractivity contribution in [2.75, 3.05) is 26.4 Å². The second kappa shape index (κ2) is 10.00. The Morgan fingerprint density at radius 3 is 2.56 bits per heavy atom. The van der Waals surface area contributed by atoms with Crippen molar-refractivity contribution in [3.05, 3.63) is 53.6 Å². The van der Waals surface area contributed by atoms with Crippen molar-refractivity contribution < 1.29 is 37.3 Å². The fraction of sp³-hybridized carbons (Fsp3) is 0.391. The number of sulfonamides is 1. The topological polar surface area (TPSA) is 131 Å². The van der Waals surface area contributed by atoms with Crippen LogP contribution in [0.15, 0.2) is 47.4 Å². The number of rotatable bonds is 7. The van der Waals surface area contributed by atoms with Gasteiger partial charge in [0, 0.05) is 25.6 Å². The number of amides is 1. The molecule has 4 rings (SSSR count). The molecule has 0 radical (unpaired) electrons. The van der Waals surface area contributed by atoms with Gasteiger partial charge in [0.1, 0.15) is 19.3 Å². The Bertz CT molecular complexity index is 1170. The third kappa shape index (κ3) is 5.32. The molecule has 0 spiro atoms. The minimum Gasteiger partial charge on any atom is -0.486 e. The Labute approximate surface area is 197 Å². The Balaban J connectivity index is 1.38. The lowest BCUT2D eigenvalue weighted by atomic mass is 10.1. The number of hydrogen-bond donors (Lipinski definition) is 2. The monoisotopic (exact) mass is 490 g/mol. The average molecular weight is 491 g/mol. The summed E-state index contributed by atoms with van der Waals surface area (Å²) in [6.07, 6.45) is -1.17. The smallest absolute Gasteiger partial charge is 0.325 e. The molecule has 2 aromatic rings. The van der Waals surface area contributed by atoms with Crippen LogP contribution in [0.1, 0.15) is 17.5 Å². The van der Waals surface area contributed by atoms with Crippen LogP contribution in [0, 0.1) is 6.92 Å². The largest absolute Gasteiger partial charge is 0.486 e. The van der Waals surface area contributed by atoms with Crippen molar-refractivity contribution in [2.24, 2.45) is 0 Å². The van der Waals surface area contributed by atoms with Gasteiger partial charge in [-0.25, -0.2) is 8.42 Å². The van der Waals surface area contributed by atoms with Crippen molar-refractivity contribution in [1.82, 2.24) is 9.62 Å². The highest BCUT2D eigenvalue weighted by molar-refractivity contribution is 7.89. The summed E-state index contributed by atoms with van der Waals surface area (Å²) in [4.78, 5) is 24.7. The lowest BCUT2D eigenvalue weighted by Crippen LogP contribution is -2.42. The first kappa shape index (κ1) is 24.0. The second-order valence-electron chi connectivity index (χ2n) is 8.16. The number of aliphatic hydroxyl groups is 1. The molecule has 2 N–H and O–H groups in total. The molecule has 2 atom stereocenters. The van der Waals surface area contributed by atoms with Gasteiger partial charge in [0.05, 0.1) is 11.0 Å². The molecule has 0 aromatic heterocycles. The average Bonchev–Trinajstić information content (AvgIpc) is 3.24. The number of carbonyl (C=O) groups excluding carboxylic acids is 2. The summed E-state index contributed by atoms with van der Waals surface area (Å²) < 4.78 is 43.3. The predicted octanol–water partition coefficient (Wildman–Crippen LogP) is 0.750. The van der Waals surface area contributed by atoms with Crippen LogP contribution in [0.3, 0.4) is 0 Å². The van der Waals surface area contributed by atoms with Crippen molar-refractivity contribution in [1.29, 1.82) is 0 Å². The van der Waals surface area contributed by atoms with E-state index in [1.807, 2.05) is 31.2 Å².